The van der Waals surface area contributed by atoms with E-state index in [1.54, 1.807) is 32.0 Å². The largest absolute Gasteiger partial charge is 0.480 e. The van der Waals surface area contributed by atoms with Crippen LogP contribution in [0.1, 0.15) is 13.8 Å². The van der Waals surface area contributed by atoms with E-state index in [4.69, 9.17) is 37.0 Å². The van der Waals surface area contributed by atoms with Crippen LogP contribution in [0.3, 0.4) is 0 Å². The topological polar surface area (TPSA) is 57.7 Å². The summed E-state index contributed by atoms with van der Waals surface area (Å²) in [6, 6.07) is 4.92. The number of rotatable bonds is 6. The second kappa shape index (κ2) is 7.16. The van der Waals surface area contributed by atoms with E-state index in [9.17, 15) is 4.57 Å². The predicted molar refractivity (Wildman–Crippen MR) is 88.8 cm³/mol. The first kappa shape index (κ1) is 17.5. The highest BCUT2D eigenvalue weighted by molar-refractivity contribution is 7.62. The highest BCUT2D eigenvalue weighted by Gasteiger charge is 2.32. The van der Waals surface area contributed by atoms with Gasteiger partial charge in [-0.2, -0.15) is 0 Å². The van der Waals surface area contributed by atoms with Gasteiger partial charge in [-0.25, -0.2) is 4.98 Å². The van der Waals surface area contributed by atoms with Crippen molar-refractivity contribution in [3.8, 4) is 5.88 Å². The molecule has 22 heavy (non-hydrogen) atoms. The van der Waals surface area contributed by atoms with Crippen LogP contribution in [0.15, 0.2) is 18.2 Å². The molecule has 5 nitrogen and oxygen atoms in total. The van der Waals surface area contributed by atoms with Gasteiger partial charge in [0, 0.05) is 5.39 Å². The maximum absolute atomic E-state index is 13.0. The quantitative estimate of drug-likeness (QED) is 0.710. The molecule has 1 aromatic carbocycles. The van der Waals surface area contributed by atoms with Crippen LogP contribution < -0.4 is 10.0 Å². The number of benzene rings is 1. The molecule has 2 rings (SSSR count). The fourth-order valence-corrected chi connectivity index (χ4v) is 4.04. The number of nitrogens with zero attached hydrogens (tertiary/aromatic N) is 1. The van der Waals surface area contributed by atoms with Crippen LogP contribution in [0.5, 0.6) is 5.88 Å². The van der Waals surface area contributed by atoms with E-state index in [0.717, 1.165) is 0 Å². The van der Waals surface area contributed by atoms with Gasteiger partial charge in [0.2, 0.25) is 5.88 Å². The molecule has 8 heteroatoms. The standard InChI is InChI=1S/C14H16Cl2NO4P/c1-4-20-22(18,21-5-2)13-7-9-6-10(15)11(16)8-12(9)17-14(13)19-3/h6-8H,4-5H2,1-3H3. The Balaban J connectivity index is 2.70. The van der Waals surface area contributed by atoms with Gasteiger partial charge in [0.1, 0.15) is 5.30 Å². The van der Waals surface area contributed by atoms with Gasteiger partial charge in [-0.15, -0.1) is 0 Å². The van der Waals surface area contributed by atoms with Crippen molar-refractivity contribution in [2.75, 3.05) is 20.3 Å². The number of aromatic nitrogens is 1. The molecule has 0 radical (unpaired) electrons. The second-order valence-corrected chi connectivity index (χ2v) is 7.12. The van der Waals surface area contributed by atoms with Gasteiger partial charge < -0.3 is 13.8 Å². The smallest absolute Gasteiger partial charge is 0.366 e. The molecule has 0 N–H and O–H groups in total. The minimum absolute atomic E-state index is 0.177. The van der Waals surface area contributed by atoms with Crippen LogP contribution in [-0.4, -0.2) is 25.3 Å². The Morgan fingerprint density at radius 2 is 1.68 bits per heavy atom. The number of ether oxygens (including phenoxy) is 1. The molecule has 0 aliphatic heterocycles. The molecule has 0 atom stereocenters. The number of fused-ring (bicyclic) bond motifs is 1. The summed E-state index contributed by atoms with van der Waals surface area (Å²) in [4.78, 5) is 4.33. The van der Waals surface area contributed by atoms with E-state index in [2.05, 4.69) is 4.98 Å². The molecule has 0 saturated heterocycles. The summed E-state index contributed by atoms with van der Waals surface area (Å²) in [7, 11) is -2.08. The zero-order valence-electron chi connectivity index (χ0n) is 12.4. The molecule has 0 bridgehead atoms. The molecule has 1 aromatic heterocycles. The highest BCUT2D eigenvalue weighted by Crippen LogP contribution is 2.49. The van der Waals surface area contributed by atoms with Crippen molar-refractivity contribution in [1.82, 2.24) is 4.98 Å². The molecule has 0 unspecified atom stereocenters. The summed E-state index contributed by atoms with van der Waals surface area (Å²) in [5.41, 5.74) is 0.578. The third-order valence-corrected chi connectivity index (χ3v) is 5.72. The first-order chi connectivity index (χ1) is 10.4. The lowest BCUT2D eigenvalue weighted by Gasteiger charge is -2.19. The SMILES string of the molecule is CCOP(=O)(OCC)c1cc2cc(Cl)c(Cl)cc2nc1OC. The van der Waals surface area contributed by atoms with Crippen molar-refractivity contribution in [3.05, 3.63) is 28.2 Å². The average molecular weight is 364 g/mol. The Bertz CT molecular complexity index is 728. The monoisotopic (exact) mass is 363 g/mol. The van der Waals surface area contributed by atoms with Gasteiger partial charge >= 0.3 is 7.60 Å². The van der Waals surface area contributed by atoms with Gasteiger partial charge in [0.15, 0.2) is 0 Å². The third-order valence-electron chi connectivity index (χ3n) is 2.89. The number of methoxy groups -OCH3 is 1. The minimum Gasteiger partial charge on any atom is -0.480 e. The summed E-state index contributed by atoms with van der Waals surface area (Å²) < 4.78 is 28.9. The molecule has 0 saturated carbocycles. The Hall–Kier alpha value is -0.840. The molecule has 0 aliphatic carbocycles. The van der Waals surface area contributed by atoms with Gasteiger partial charge in [-0.3, -0.25) is 4.57 Å². The predicted octanol–water partition coefficient (Wildman–Crippen LogP) is 4.44. The van der Waals surface area contributed by atoms with Crippen molar-refractivity contribution in [1.29, 1.82) is 0 Å². The zero-order chi connectivity index (χ0) is 16.3. The Labute approximate surface area is 139 Å². The molecule has 120 valence electrons. The van der Waals surface area contributed by atoms with Crippen LogP contribution in [0, 0.1) is 0 Å². The Morgan fingerprint density at radius 3 is 2.23 bits per heavy atom. The van der Waals surface area contributed by atoms with Crippen LogP contribution in [0.4, 0.5) is 0 Å². The molecular weight excluding hydrogens is 348 g/mol. The molecule has 0 amide bonds. The van der Waals surface area contributed by atoms with E-state index in [-0.39, 0.29) is 24.4 Å². The van der Waals surface area contributed by atoms with Crippen molar-refractivity contribution in [2.45, 2.75) is 13.8 Å². The van der Waals surface area contributed by atoms with Gasteiger partial charge in [-0.1, -0.05) is 23.2 Å². The lowest BCUT2D eigenvalue weighted by Crippen LogP contribution is -2.15. The molecule has 0 spiro atoms. The van der Waals surface area contributed by atoms with Gasteiger partial charge in [0.05, 0.1) is 35.9 Å². The average Bonchev–Trinajstić information content (AvgIpc) is 2.48. The van der Waals surface area contributed by atoms with Crippen molar-refractivity contribution >= 4 is 47.0 Å². The lowest BCUT2D eigenvalue weighted by atomic mass is 10.2. The highest BCUT2D eigenvalue weighted by atomic mass is 35.5. The van der Waals surface area contributed by atoms with E-state index >= 15 is 0 Å². The molecule has 0 aliphatic rings. The molecular formula is C14H16Cl2NO4P. The van der Waals surface area contributed by atoms with Crippen LogP contribution >= 0.6 is 30.8 Å². The lowest BCUT2D eigenvalue weighted by molar-refractivity contribution is 0.229. The Morgan fingerprint density at radius 1 is 1.09 bits per heavy atom. The van der Waals surface area contributed by atoms with Crippen molar-refractivity contribution in [2.24, 2.45) is 0 Å². The number of halogens is 2. The van der Waals surface area contributed by atoms with Gasteiger partial charge in [0.25, 0.3) is 0 Å². The fraction of sp³-hybridized carbons (Fsp3) is 0.357. The first-order valence-electron chi connectivity index (χ1n) is 6.68. The van der Waals surface area contributed by atoms with E-state index in [0.29, 0.717) is 20.9 Å². The van der Waals surface area contributed by atoms with Crippen molar-refractivity contribution in [3.63, 3.8) is 0 Å². The number of pyridine rings is 1. The normalized spacial score (nSPS) is 11.9. The fourth-order valence-electron chi connectivity index (χ4n) is 2.00. The number of hydrogen-bond donors (Lipinski definition) is 0. The third kappa shape index (κ3) is 3.39. The Kier molecular flexibility index (Phi) is 5.70. The molecule has 0 fully saturated rings. The van der Waals surface area contributed by atoms with E-state index < -0.39 is 7.60 Å². The molecule has 2 aromatic rings. The van der Waals surface area contributed by atoms with E-state index in [1.165, 1.54) is 7.11 Å². The summed E-state index contributed by atoms with van der Waals surface area (Å²) >= 11 is 12.0. The summed E-state index contributed by atoms with van der Waals surface area (Å²) in [5, 5.41) is 1.71. The first-order valence-corrected chi connectivity index (χ1v) is 8.98. The number of hydrogen-bond acceptors (Lipinski definition) is 5. The second-order valence-electron chi connectivity index (χ2n) is 4.31. The zero-order valence-corrected chi connectivity index (χ0v) is 14.8. The maximum atomic E-state index is 13.0. The van der Waals surface area contributed by atoms with E-state index in [1.807, 2.05) is 0 Å². The van der Waals surface area contributed by atoms with Crippen LogP contribution in [0.25, 0.3) is 10.9 Å². The van der Waals surface area contributed by atoms with Crippen LogP contribution in [-0.2, 0) is 13.6 Å². The van der Waals surface area contributed by atoms with Crippen molar-refractivity contribution < 1.29 is 18.3 Å². The van der Waals surface area contributed by atoms with Crippen LogP contribution in [0.2, 0.25) is 10.0 Å². The minimum atomic E-state index is -3.52. The summed E-state index contributed by atoms with van der Waals surface area (Å²) in [6.07, 6.45) is 0. The molecule has 1 heterocycles. The summed E-state index contributed by atoms with van der Waals surface area (Å²) in [6.45, 7) is 3.95. The van der Waals surface area contributed by atoms with Gasteiger partial charge in [-0.05, 0) is 32.0 Å². The summed E-state index contributed by atoms with van der Waals surface area (Å²) in [5.74, 6) is 0.177. The maximum Gasteiger partial charge on any atom is 0.366 e.